The van der Waals surface area contributed by atoms with E-state index >= 15 is 0 Å². The van der Waals surface area contributed by atoms with Gasteiger partial charge >= 0.3 is 0 Å². The Bertz CT molecular complexity index is 1170. The zero-order valence-electron chi connectivity index (χ0n) is 17.6. The minimum absolute atomic E-state index is 0.116. The normalized spacial score (nSPS) is 11.4. The summed E-state index contributed by atoms with van der Waals surface area (Å²) >= 11 is 0. The van der Waals surface area contributed by atoms with Gasteiger partial charge in [0.25, 0.3) is 5.91 Å². The summed E-state index contributed by atoms with van der Waals surface area (Å²) in [5.41, 5.74) is 1.62. The molecular formula is C21H23N3O6S. The van der Waals surface area contributed by atoms with Gasteiger partial charge in [0.2, 0.25) is 10.0 Å². The third-order valence-corrected chi connectivity index (χ3v) is 6.38. The van der Waals surface area contributed by atoms with Crippen molar-refractivity contribution in [2.45, 2.75) is 11.4 Å². The fourth-order valence-corrected chi connectivity index (χ4v) is 3.68. The van der Waals surface area contributed by atoms with Crippen LogP contribution in [0.2, 0.25) is 0 Å². The quantitative estimate of drug-likeness (QED) is 0.567. The maximum Gasteiger partial charge on any atom is 0.251 e. The highest BCUT2D eigenvalue weighted by Crippen LogP contribution is 2.32. The molecule has 1 N–H and O–H groups in total. The summed E-state index contributed by atoms with van der Waals surface area (Å²) < 4.78 is 41.2. The fourth-order valence-electron chi connectivity index (χ4n) is 2.78. The van der Waals surface area contributed by atoms with Crippen molar-refractivity contribution in [3.05, 3.63) is 59.8 Å². The van der Waals surface area contributed by atoms with Crippen LogP contribution in [-0.2, 0) is 16.6 Å². The number of nitrogens with one attached hydrogen (secondary N) is 1. The molecular weight excluding hydrogens is 422 g/mol. The molecule has 0 aliphatic carbocycles. The molecule has 0 radical (unpaired) electrons. The number of benzene rings is 2. The molecule has 1 amide bonds. The second-order valence-electron chi connectivity index (χ2n) is 6.75. The van der Waals surface area contributed by atoms with Gasteiger partial charge in [-0.05, 0) is 42.5 Å². The van der Waals surface area contributed by atoms with Crippen molar-refractivity contribution in [1.82, 2.24) is 14.8 Å². The van der Waals surface area contributed by atoms with E-state index in [1.807, 2.05) is 6.07 Å². The third-order valence-electron chi connectivity index (χ3n) is 4.55. The summed E-state index contributed by atoms with van der Waals surface area (Å²) in [7, 11) is 2.46. The van der Waals surface area contributed by atoms with E-state index < -0.39 is 10.0 Å². The minimum atomic E-state index is -3.55. The minimum Gasteiger partial charge on any atom is -0.493 e. The van der Waals surface area contributed by atoms with Gasteiger partial charge < -0.3 is 19.3 Å². The molecule has 164 valence electrons. The number of hydrogen-bond acceptors (Lipinski definition) is 7. The lowest BCUT2D eigenvalue weighted by Gasteiger charge is -2.11. The van der Waals surface area contributed by atoms with E-state index in [4.69, 9.17) is 14.0 Å². The van der Waals surface area contributed by atoms with Crippen LogP contribution < -0.4 is 14.8 Å². The molecule has 0 bridgehead atoms. The van der Waals surface area contributed by atoms with Crippen LogP contribution in [0.4, 0.5) is 0 Å². The van der Waals surface area contributed by atoms with Gasteiger partial charge in [-0.2, -0.15) is 0 Å². The molecule has 31 heavy (non-hydrogen) atoms. The van der Waals surface area contributed by atoms with Gasteiger partial charge in [0.15, 0.2) is 17.3 Å². The number of sulfonamides is 1. The highest BCUT2D eigenvalue weighted by Gasteiger charge is 2.18. The molecule has 10 heteroatoms. The molecule has 0 spiro atoms. The van der Waals surface area contributed by atoms with Gasteiger partial charge in [-0.3, -0.25) is 4.79 Å². The van der Waals surface area contributed by atoms with Gasteiger partial charge in [0, 0.05) is 31.3 Å². The molecule has 0 saturated carbocycles. The SMILES string of the molecule is COc1ccc(-c2cc(CNC(=O)c3ccc(S(=O)(=O)N(C)C)cc3)no2)cc1OC. The van der Waals surface area contributed by atoms with Crippen molar-refractivity contribution in [3.63, 3.8) is 0 Å². The summed E-state index contributed by atoms with van der Waals surface area (Å²) in [6, 6.07) is 12.8. The zero-order chi connectivity index (χ0) is 22.6. The first-order chi connectivity index (χ1) is 14.8. The lowest BCUT2D eigenvalue weighted by molar-refractivity contribution is 0.0950. The number of aromatic nitrogens is 1. The van der Waals surface area contributed by atoms with Gasteiger partial charge in [0.1, 0.15) is 5.69 Å². The van der Waals surface area contributed by atoms with Crippen molar-refractivity contribution in [1.29, 1.82) is 0 Å². The highest BCUT2D eigenvalue weighted by atomic mass is 32.2. The van der Waals surface area contributed by atoms with Crippen LogP contribution in [0, 0.1) is 0 Å². The number of methoxy groups -OCH3 is 2. The second-order valence-corrected chi connectivity index (χ2v) is 8.90. The molecule has 2 aromatic carbocycles. The summed E-state index contributed by atoms with van der Waals surface area (Å²) in [4.78, 5) is 12.5. The number of amides is 1. The molecule has 0 saturated heterocycles. The van der Waals surface area contributed by atoms with Crippen molar-refractivity contribution in [2.75, 3.05) is 28.3 Å². The van der Waals surface area contributed by atoms with E-state index in [2.05, 4.69) is 10.5 Å². The van der Waals surface area contributed by atoms with Crippen LogP contribution in [0.1, 0.15) is 16.1 Å². The molecule has 1 heterocycles. The number of hydrogen-bond donors (Lipinski definition) is 1. The van der Waals surface area contributed by atoms with E-state index in [0.717, 1.165) is 9.87 Å². The van der Waals surface area contributed by atoms with Crippen molar-refractivity contribution >= 4 is 15.9 Å². The zero-order valence-corrected chi connectivity index (χ0v) is 18.4. The summed E-state index contributed by atoms with van der Waals surface area (Å²) in [6.45, 7) is 0.146. The first-order valence-corrected chi connectivity index (χ1v) is 10.7. The summed E-state index contributed by atoms with van der Waals surface area (Å²) in [5, 5.41) is 6.71. The van der Waals surface area contributed by atoms with Crippen LogP contribution in [0.5, 0.6) is 11.5 Å². The average Bonchev–Trinajstić information content (AvgIpc) is 3.26. The summed E-state index contributed by atoms with van der Waals surface area (Å²) in [5.74, 6) is 1.32. The monoisotopic (exact) mass is 445 g/mol. The van der Waals surface area contributed by atoms with Crippen molar-refractivity contribution < 1.29 is 27.2 Å². The maximum atomic E-state index is 12.4. The molecule has 0 aliphatic heterocycles. The molecule has 0 aliphatic rings. The van der Waals surface area contributed by atoms with Crippen molar-refractivity contribution in [2.24, 2.45) is 0 Å². The number of nitrogens with zero attached hydrogens (tertiary/aromatic N) is 2. The lowest BCUT2D eigenvalue weighted by Crippen LogP contribution is -2.24. The maximum absolute atomic E-state index is 12.4. The number of carbonyl (C=O) groups excluding carboxylic acids is 1. The Morgan fingerprint density at radius 3 is 2.32 bits per heavy atom. The Labute approximate surface area is 180 Å². The third kappa shape index (κ3) is 4.86. The van der Waals surface area contributed by atoms with Crippen molar-refractivity contribution in [3.8, 4) is 22.8 Å². The van der Waals surface area contributed by atoms with Crippen LogP contribution in [0.25, 0.3) is 11.3 Å². The predicted molar refractivity (Wildman–Crippen MR) is 114 cm³/mol. The fraction of sp³-hybridized carbons (Fsp3) is 0.238. The highest BCUT2D eigenvalue weighted by molar-refractivity contribution is 7.89. The van der Waals surface area contributed by atoms with Gasteiger partial charge in [0.05, 0.1) is 25.7 Å². The van der Waals surface area contributed by atoms with E-state index in [1.54, 1.807) is 32.4 Å². The molecule has 0 unspecified atom stereocenters. The Morgan fingerprint density at radius 2 is 1.71 bits per heavy atom. The molecule has 0 atom stereocenters. The van der Waals surface area contributed by atoms with E-state index in [1.165, 1.54) is 38.4 Å². The number of ether oxygens (including phenoxy) is 2. The second kappa shape index (κ2) is 9.19. The molecule has 0 fully saturated rings. The summed E-state index contributed by atoms with van der Waals surface area (Å²) in [6.07, 6.45) is 0. The van der Waals surface area contributed by atoms with Crippen LogP contribution >= 0.6 is 0 Å². The van der Waals surface area contributed by atoms with Gasteiger partial charge in [-0.1, -0.05) is 5.16 Å². The molecule has 3 aromatic rings. The number of rotatable bonds is 8. The molecule has 1 aromatic heterocycles. The predicted octanol–water partition coefficient (Wildman–Crippen LogP) is 2.54. The first-order valence-electron chi connectivity index (χ1n) is 9.25. The van der Waals surface area contributed by atoms with Gasteiger partial charge in [-0.25, -0.2) is 12.7 Å². The largest absolute Gasteiger partial charge is 0.493 e. The van der Waals surface area contributed by atoms with Crippen LogP contribution in [0.15, 0.2) is 57.9 Å². The van der Waals surface area contributed by atoms with Crippen LogP contribution in [0.3, 0.4) is 0 Å². The standard InChI is InChI=1S/C21H23N3O6S/c1-24(2)31(26,27)17-8-5-14(6-9-17)21(25)22-13-16-12-19(30-23-16)15-7-10-18(28-3)20(11-15)29-4/h5-12H,13H2,1-4H3,(H,22,25). The number of carbonyl (C=O) groups is 1. The topological polar surface area (TPSA) is 111 Å². The van der Waals surface area contributed by atoms with Crippen LogP contribution in [-0.4, -0.2) is 52.1 Å². The Kier molecular flexibility index (Phi) is 6.62. The lowest BCUT2D eigenvalue weighted by atomic mass is 10.1. The molecule has 3 rings (SSSR count). The Hall–Kier alpha value is -3.37. The smallest absolute Gasteiger partial charge is 0.251 e. The Morgan fingerprint density at radius 1 is 1.03 bits per heavy atom. The van der Waals surface area contributed by atoms with Gasteiger partial charge in [-0.15, -0.1) is 0 Å². The molecule has 9 nitrogen and oxygen atoms in total. The van der Waals surface area contributed by atoms with E-state index in [9.17, 15) is 13.2 Å². The first kappa shape index (κ1) is 22.3. The average molecular weight is 445 g/mol. The Balaban J connectivity index is 1.66. The van der Waals surface area contributed by atoms with E-state index in [0.29, 0.717) is 28.5 Å². The van der Waals surface area contributed by atoms with E-state index in [-0.39, 0.29) is 17.3 Å².